The summed E-state index contributed by atoms with van der Waals surface area (Å²) in [4.78, 5) is 22.5. The molecular formula is C10H8ClN5O3. The van der Waals surface area contributed by atoms with Crippen LogP contribution in [0.25, 0.3) is 0 Å². The number of hydrogen-bond donors (Lipinski definition) is 2. The van der Waals surface area contributed by atoms with Crippen LogP contribution in [0.2, 0.25) is 5.02 Å². The first-order valence-corrected chi connectivity index (χ1v) is 5.47. The van der Waals surface area contributed by atoms with Gasteiger partial charge in [-0.1, -0.05) is 11.6 Å². The second-order valence-corrected chi connectivity index (χ2v) is 4.03. The van der Waals surface area contributed by atoms with Crippen LogP contribution in [-0.2, 0) is 11.3 Å². The van der Waals surface area contributed by atoms with Crippen molar-refractivity contribution in [3.05, 3.63) is 35.1 Å². The quantitative estimate of drug-likeness (QED) is 0.852. The van der Waals surface area contributed by atoms with Crippen molar-refractivity contribution >= 4 is 29.2 Å². The van der Waals surface area contributed by atoms with Crippen LogP contribution in [0.3, 0.4) is 0 Å². The second kappa shape index (κ2) is 5.44. The number of aromatic carboxylic acids is 1. The summed E-state index contributed by atoms with van der Waals surface area (Å²) < 4.78 is 1.23. The minimum absolute atomic E-state index is 0.00905. The van der Waals surface area contributed by atoms with Gasteiger partial charge in [0, 0.05) is 10.7 Å². The van der Waals surface area contributed by atoms with Crippen LogP contribution in [0.1, 0.15) is 10.4 Å². The van der Waals surface area contributed by atoms with Gasteiger partial charge in [0.05, 0.1) is 5.56 Å². The lowest BCUT2D eigenvalue weighted by Crippen LogP contribution is -2.19. The summed E-state index contributed by atoms with van der Waals surface area (Å²) >= 11 is 5.77. The molecule has 19 heavy (non-hydrogen) atoms. The number of anilines is 1. The van der Waals surface area contributed by atoms with Crippen LogP contribution in [0.4, 0.5) is 5.69 Å². The standard InChI is InChI=1S/C10H8ClN5O3/c11-7-1-6(10(18)19)2-8(3-7)13-9(17)4-16-5-12-14-15-16/h1-3,5H,4H2,(H,13,17)(H,18,19). The van der Waals surface area contributed by atoms with Gasteiger partial charge >= 0.3 is 5.97 Å². The molecule has 0 atom stereocenters. The predicted molar refractivity (Wildman–Crippen MR) is 64.9 cm³/mol. The maximum Gasteiger partial charge on any atom is 0.335 e. The smallest absolute Gasteiger partial charge is 0.335 e. The van der Waals surface area contributed by atoms with Crippen molar-refractivity contribution < 1.29 is 14.7 Å². The maximum atomic E-state index is 11.7. The number of carbonyl (C=O) groups excluding carboxylic acids is 1. The summed E-state index contributed by atoms with van der Waals surface area (Å²) in [7, 11) is 0. The molecule has 0 fully saturated rings. The Balaban J connectivity index is 2.10. The van der Waals surface area contributed by atoms with Gasteiger partial charge in [0.15, 0.2) is 0 Å². The van der Waals surface area contributed by atoms with E-state index < -0.39 is 11.9 Å². The summed E-state index contributed by atoms with van der Waals surface area (Å²) in [5, 5.41) is 21.9. The zero-order valence-corrected chi connectivity index (χ0v) is 10.2. The molecule has 2 rings (SSSR count). The van der Waals surface area contributed by atoms with E-state index in [9.17, 15) is 9.59 Å². The van der Waals surface area contributed by atoms with Crippen LogP contribution in [-0.4, -0.2) is 37.2 Å². The fourth-order valence-corrected chi connectivity index (χ4v) is 1.62. The number of aromatic nitrogens is 4. The molecule has 0 spiro atoms. The Kier molecular flexibility index (Phi) is 3.71. The third-order valence-corrected chi connectivity index (χ3v) is 2.34. The zero-order valence-electron chi connectivity index (χ0n) is 9.45. The first kappa shape index (κ1) is 13.0. The number of carboxylic acid groups (broad SMARTS) is 1. The molecule has 1 aromatic carbocycles. The summed E-state index contributed by atoms with van der Waals surface area (Å²) in [6.45, 7) is -0.0814. The number of nitrogens with zero attached hydrogens (tertiary/aromatic N) is 4. The molecule has 0 saturated carbocycles. The Morgan fingerprint density at radius 3 is 2.79 bits per heavy atom. The molecule has 8 nitrogen and oxygen atoms in total. The first-order chi connectivity index (χ1) is 9.04. The Bertz CT molecular complexity index is 614. The highest BCUT2D eigenvalue weighted by molar-refractivity contribution is 6.31. The highest BCUT2D eigenvalue weighted by atomic mass is 35.5. The van der Waals surface area contributed by atoms with E-state index in [4.69, 9.17) is 16.7 Å². The molecule has 98 valence electrons. The Morgan fingerprint density at radius 1 is 1.37 bits per heavy atom. The number of rotatable bonds is 4. The molecule has 1 amide bonds. The monoisotopic (exact) mass is 281 g/mol. The van der Waals surface area contributed by atoms with E-state index in [1.807, 2.05) is 0 Å². The van der Waals surface area contributed by atoms with E-state index in [0.717, 1.165) is 0 Å². The molecule has 0 saturated heterocycles. The summed E-state index contributed by atoms with van der Waals surface area (Å²) in [6.07, 6.45) is 1.29. The van der Waals surface area contributed by atoms with Crippen LogP contribution >= 0.6 is 11.6 Å². The number of carboxylic acids is 1. The lowest BCUT2D eigenvalue weighted by molar-refractivity contribution is -0.116. The summed E-state index contributed by atoms with van der Waals surface area (Å²) in [5.41, 5.74) is 0.285. The maximum absolute atomic E-state index is 11.7. The average Bonchev–Trinajstić information content (AvgIpc) is 2.80. The SMILES string of the molecule is O=C(Cn1cnnn1)Nc1cc(Cl)cc(C(=O)O)c1. The van der Waals surface area contributed by atoms with E-state index in [-0.39, 0.29) is 17.1 Å². The third kappa shape index (κ3) is 3.49. The number of tetrazole rings is 1. The molecule has 0 bridgehead atoms. The van der Waals surface area contributed by atoms with E-state index in [1.165, 1.54) is 29.2 Å². The van der Waals surface area contributed by atoms with Gasteiger partial charge in [-0.15, -0.1) is 5.10 Å². The Hall–Kier alpha value is -2.48. The van der Waals surface area contributed by atoms with Crippen molar-refractivity contribution in [3.8, 4) is 0 Å². The molecule has 0 aliphatic carbocycles. The second-order valence-electron chi connectivity index (χ2n) is 3.59. The minimum Gasteiger partial charge on any atom is -0.478 e. The lowest BCUT2D eigenvalue weighted by atomic mass is 10.2. The number of nitrogens with one attached hydrogen (secondary N) is 1. The normalized spacial score (nSPS) is 10.2. The van der Waals surface area contributed by atoms with Crippen molar-refractivity contribution in [2.45, 2.75) is 6.54 Å². The van der Waals surface area contributed by atoms with E-state index in [1.54, 1.807) is 0 Å². The molecule has 2 N–H and O–H groups in total. The average molecular weight is 282 g/mol. The highest BCUT2D eigenvalue weighted by Crippen LogP contribution is 2.19. The van der Waals surface area contributed by atoms with Gasteiger partial charge in [0.1, 0.15) is 12.9 Å². The zero-order chi connectivity index (χ0) is 13.8. The largest absolute Gasteiger partial charge is 0.478 e. The van der Waals surface area contributed by atoms with Crippen LogP contribution in [0, 0.1) is 0 Å². The molecule has 0 unspecified atom stereocenters. The number of hydrogen-bond acceptors (Lipinski definition) is 5. The van der Waals surface area contributed by atoms with Gasteiger partial charge in [-0.2, -0.15) is 0 Å². The number of benzene rings is 1. The molecule has 0 aliphatic heterocycles. The lowest BCUT2D eigenvalue weighted by Gasteiger charge is -2.06. The summed E-state index contributed by atoms with van der Waals surface area (Å²) in [5.74, 6) is -1.52. The van der Waals surface area contributed by atoms with Gasteiger partial charge < -0.3 is 10.4 Å². The number of halogens is 1. The Morgan fingerprint density at radius 2 is 2.16 bits per heavy atom. The van der Waals surface area contributed by atoms with Crippen molar-refractivity contribution in [1.29, 1.82) is 0 Å². The van der Waals surface area contributed by atoms with Gasteiger partial charge in [-0.25, -0.2) is 9.48 Å². The van der Waals surface area contributed by atoms with Crippen LogP contribution in [0.15, 0.2) is 24.5 Å². The first-order valence-electron chi connectivity index (χ1n) is 5.09. The third-order valence-electron chi connectivity index (χ3n) is 2.13. The highest BCUT2D eigenvalue weighted by Gasteiger charge is 2.09. The van der Waals surface area contributed by atoms with Crippen molar-refractivity contribution in [2.24, 2.45) is 0 Å². The van der Waals surface area contributed by atoms with Crippen molar-refractivity contribution in [3.63, 3.8) is 0 Å². The molecule has 0 aliphatic rings. The van der Waals surface area contributed by atoms with Gasteiger partial charge in [-0.3, -0.25) is 4.79 Å². The molecule has 2 aromatic rings. The van der Waals surface area contributed by atoms with Crippen molar-refractivity contribution in [1.82, 2.24) is 20.2 Å². The molecular weight excluding hydrogens is 274 g/mol. The minimum atomic E-state index is -1.13. The topological polar surface area (TPSA) is 110 Å². The van der Waals surface area contributed by atoms with Crippen LogP contribution < -0.4 is 5.32 Å². The van der Waals surface area contributed by atoms with E-state index in [0.29, 0.717) is 5.69 Å². The molecule has 0 radical (unpaired) electrons. The predicted octanol–water partition coefficient (Wildman–Crippen LogP) is 0.663. The molecule has 1 aromatic heterocycles. The fraction of sp³-hybridized carbons (Fsp3) is 0.100. The van der Waals surface area contributed by atoms with Gasteiger partial charge in [0.25, 0.3) is 0 Å². The van der Waals surface area contributed by atoms with Crippen LogP contribution in [0.5, 0.6) is 0 Å². The number of carbonyl (C=O) groups is 2. The van der Waals surface area contributed by atoms with E-state index in [2.05, 4.69) is 20.8 Å². The molecule has 9 heteroatoms. The van der Waals surface area contributed by atoms with E-state index >= 15 is 0 Å². The molecule has 1 heterocycles. The Labute approximate surface area is 112 Å². The number of amides is 1. The van der Waals surface area contributed by atoms with Crippen molar-refractivity contribution in [2.75, 3.05) is 5.32 Å². The summed E-state index contributed by atoms with van der Waals surface area (Å²) in [6, 6.07) is 4.05. The van der Waals surface area contributed by atoms with Gasteiger partial charge in [0.2, 0.25) is 5.91 Å². The fourth-order valence-electron chi connectivity index (χ4n) is 1.39. The van der Waals surface area contributed by atoms with Gasteiger partial charge in [-0.05, 0) is 28.6 Å².